The van der Waals surface area contributed by atoms with Crippen molar-refractivity contribution < 1.29 is 14.7 Å². The van der Waals surface area contributed by atoms with Crippen molar-refractivity contribution in [3.8, 4) is 17.0 Å². The molecule has 2 atom stereocenters. The lowest BCUT2D eigenvalue weighted by Gasteiger charge is -2.13. The zero-order chi connectivity index (χ0) is 18.3. The molecule has 3 N–H and O–H groups in total. The van der Waals surface area contributed by atoms with Gasteiger partial charge in [0.2, 0.25) is 0 Å². The Hall–Kier alpha value is -3.42. The Kier molecular flexibility index (Phi) is 3.80. The first kappa shape index (κ1) is 16.1. The summed E-state index contributed by atoms with van der Waals surface area (Å²) in [5.41, 5.74) is 2.69. The third-order valence-electron chi connectivity index (χ3n) is 4.47. The number of hydrogen-bond acceptors (Lipinski definition) is 6. The maximum absolute atomic E-state index is 11.7. The summed E-state index contributed by atoms with van der Waals surface area (Å²) < 4.78 is 0. The minimum absolute atomic E-state index is 0.0796. The Morgan fingerprint density at radius 1 is 1.15 bits per heavy atom. The number of carbonyl (C=O) groups is 2. The predicted molar refractivity (Wildman–Crippen MR) is 94.6 cm³/mol. The average molecular weight is 351 g/mol. The summed E-state index contributed by atoms with van der Waals surface area (Å²) in [5, 5.41) is 21.0. The summed E-state index contributed by atoms with van der Waals surface area (Å²) >= 11 is 0. The van der Waals surface area contributed by atoms with Gasteiger partial charge in [-0.3, -0.25) is 15.1 Å². The predicted octanol–water partition coefficient (Wildman–Crippen LogP) is 1.35. The zero-order valence-corrected chi connectivity index (χ0v) is 14.0. The Balaban J connectivity index is 1.62. The first-order chi connectivity index (χ1) is 12.5. The molecular formula is C18H17N5O3. The molecule has 1 fully saturated rings. The number of hydrazone groups is 1. The van der Waals surface area contributed by atoms with E-state index < -0.39 is 12.1 Å². The molecule has 0 saturated carbocycles. The number of aromatic hydroxyl groups is 1. The number of benzene rings is 1. The van der Waals surface area contributed by atoms with Gasteiger partial charge < -0.3 is 10.4 Å². The quantitative estimate of drug-likeness (QED) is 0.724. The van der Waals surface area contributed by atoms with Crippen LogP contribution in [0.1, 0.15) is 23.2 Å². The van der Waals surface area contributed by atoms with E-state index in [1.165, 1.54) is 0 Å². The number of likely N-dealkylation sites (N-methyl/N-ethyl adjacent to an activating group) is 1. The van der Waals surface area contributed by atoms with Crippen LogP contribution in [0.15, 0.2) is 41.5 Å². The lowest BCUT2D eigenvalue weighted by molar-refractivity contribution is -0.120. The highest BCUT2D eigenvalue weighted by Crippen LogP contribution is 2.31. The summed E-state index contributed by atoms with van der Waals surface area (Å²) in [4.78, 5) is 27.6. The van der Waals surface area contributed by atoms with Crippen LogP contribution in [0, 0.1) is 0 Å². The standard InChI is InChI=1S/C18H17N5O3/c1-23-9-12(8-19-23)13-6-7-14(24)15(20-13)10-2-4-11(5-3-10)16-17(25)22-18(26)21-16/h2-8,12,16,24H,9H2,1H3,(H2,21,22,25,26). The van der Waals surface area contributed by atoms with Crippen molar-refractivity contribution in [3.05, 3.63) is 47.7 Å². The van der Waals surface area contributed by atoms with Crippen molar-refractivity contribution >= 4 is 18.2 Å². The van der Waals surface area contributed by atoms with Crippen LogP contribution in [0.3, 0.4) is 0 Å². The Labute approximate surface area is 149 Å². The molecule has 0 aliphatic carbocycles. The molecule has 0 bridgehead atoms. The minimum Gasteiger partial charge on any atom is -0.506 e. The van der Waals surface area contributed by atoms with Gasteiger partial charge in [0.25, 0.3) is 5.91 Å². The van der Waals surface area contributed by atoms with Gasteiger partial charge in [-0.25, -0.2) is 9.78 Å². The Morgan fingerprint density at radius 2 is 1.92 bits per heavy atom. The largest absolute Gasteiger partial charge is 0.506 e. The molecule has 2 aromatic rings. The molecule has 1 saturated heterocycles. The second kappa shape index (κ2) is 6.14. The van der Waals surface area contributed by atoms with Gasteiger partial charge >= 0.3 is 6.03 Å². The number of hydrogen-bond donors (Lipinski definition) is 3. The fraction of sp³-hybridized carbons (Fsp3) is 0.222. The molecule has 1 aromatic heterocycles. The van der Waals surface area contributed by atoms with Crippen LogP contribution in [-0.4, -0.2) is 46.8 Å². The first-order valence-electron chi connectivity index (χ1n) is 8.18. The van der Waals surface area contributed by atoms with Crippen LogP contribution < -0.4 is 10.6 Å². The van der Waals surface area contributed by atoms with Crippen molar-refractivity contribution in [2.45, 2.75) is 12.0 Å². The highest BCUT2D eigenvalue weighted by atomic mass is 16.3. The number of urea groups is 1. The van der Waals surface area contributed by atoms with Crippen LogP contribution in [-0.2, 0) is 4.79 Å². The lowest BCUT2D eigenvalue weighted by Crippen LogP contribution is -2.22. The highest BCUT2D eigenvalue weighted by molar-refractivity contribution is 6.04. The number of imide groups is 1. The summed E-state index contributed by atoms with van der Waals surface area (Å²) in [6.45, 7) is 0.743. The van der Waals surface area contributed by atoms with Crippen LogP contribution >= 0.6 is 0 Å². The maximum Gasteiger partial charge on any atom is 0.322 e. The molecule has 26 heavy (non-hydrogen) atoms. The molecule has 1 aromatic carbocycles. The van der Waals surface area contributed by atoms with Crippen LogP contribution in [0.5, 0.6) is 5.75 Å². The van der Waals surface area contributed by atoms with Crippen LogP contribution in [0.25, 0.3) is 11.3 Å². The molecule has 3 amide bonds. The number of carbonyl (C=O) groups excluding carboxylic acids is 2. The van der Waals surface area contributed by atoms with E-state index in [1.807, 2.05) is 18.3 Å². The molecule has 2 aliphatic heterocycles. The maximum atomic E-state index is 11.7. The molecule has 2 aliphatic rings. The minimum atomic E-state index is -0.699. The van der Waals surface area contributed by atoms with E-state index in [2.05, 4.69) is 20.7 Å². The number of amides is 3. The molecule has 132 valence electrons. The van der Waals surface area contributed by atoms with E-state index in [0.29, 0.717) is 11.3 Å². The fourth-order valence-corrected chi connectivity index (χ4v) is 3.11. The van der Waals surface area contributed by atoms with Gasteiger partial charge in [0.05, 0.1) is 11.6 Å². The molecule has 0 spiro atoms. The van der Waals surface area contributed by atoms with E-state index in [4.69, 9.17) is 0 Å². The van der Waals surface area contributed by atoms with Gasteiger partial charge in [-0.15, -0.1) is 0 Å². The molecule has 8 heteroatoms. The van der Waals surface area contributed by atoms with Crippen LogP contribution in [0.2, 0.25) is 0 Å². The van der Waals surface area contributed by atoms with Crippen molar-refractivity contribution in [2.24, 2.45) is 5.10 Å². The zero-order valence-electron chi connectivity index (χ0n) is 14.0. The molecule has 4 rings (SSSR count). The third-order valence-corrected chi connectivity index (χ3v) is 4.47. The Morgan fingerprint density at radius 3 is 2.54 bits per heavy atom. The van der Waals surface area contributed by atoms with E-state index in [0.717, 1.165) is 17.8 Å². The SMILES string of the molecule is CN1CC(c2ccc(O)c(-c3ccc(C4NC(=O)NC4=O)cc3)n2)C=N1. The molecule has 8 nitrogen and oxygen atoms in total. The molecular weight excluding hydrogens is 334 g/mol. The second-order valence-electron chi connectivity index (χ2n) is 6.33. The van der Waals surface area contributed by atoms with Gasteiger partial charge in [0, 0.05) is 25.4 Å². The van der Waals surface area contributed by atoms with Crippen molar-refractivity contribution in [1.29, 1.82) is 0 Å². The van der Waals surface area contributed by atoms with Gasteiger partial charge in [0.1, 0.15) is 17.5 Å². The van der Waals surface area contributed by atoms with Crippen molar-refractivity contribution in [2.75, 3.05) is 13.6 Å². The summed E-state index contributed by atoms with van der Waals surface area (Å²) in [5.74, 6) is -0.219. The highest BCUT2D eigenvalue weighted by Gasteiger charge is 2.30. The van der Waals surface area contributed by atoms with E-state index in [-0.39, 0.29) is 17.6 Å². The number of aromatic nitrogens is 1. The molecule has 3 heterocycles. The van der Waals surface area contributed by atoms with Crippen molar-refractivity contribution in [3.63, 3.8) is 0 Å². The van der Waals surface area contributed by atoms with E-state index in [9.17, 15) is 14.7 Å². The lowest BCUT2D eigenvalue weighted by atomic mass is 10.0. The van der Waals surface area contributed by atoms with Gasteiger partial charge in [0.15, 0.2) is 0 Å². The number of rotatable bonds is 3. The number of nitrogens with one attached hydrogen (secondary N) is 2. The Bertz CT molecular complexity index is 910. The van der Waals surface area contributed by atoms with Gasteiger partial charge in [-0.1, -0.05) is 24.3 Å². The summed E-state index contributed by atoms with van der Waals surface area (Å²) in [6.07, 6.45) is 1.84. The van der Waals surface area contributed by atoms with Crippen LogP contribution in [0.4, 0.5) is 4.79 Å². The molecule has 2 unspecified atom stereocenters. The van der Waals surface area contributed by atoms with Gasteiger partial charge in [-0.2, -0.15) is 5.10 Å². The molecule has 0 radical (unpaired) electrons. The number of pyridine rings is 1. The van der Waals surface area contributed by atoms with Gasteiger partial charge in [-0.05, 0) is 17.7 Å². The second-order valence-corrected chi connectivity index (χ2v) is 6.33. The third kappa shape index (κ3) is 2.85. The summed E-state index contributed by atoms with van der Waals surface area (Å²) in [7, 11) is 1.90. The van der Waals surface area contributed by atoms with Crippen molar-refractivity contribution in [1.82, 2.24) is 20.6 Å². The van der Waals surface area contributed by atoms with E-state index in [1.54, 1.807) is 36.4 Å². The fourth-order valence-electron chi connectivity index (χ4n) is 3.11. The first-order valence-corrected chi connectivity index (χ1v) is 8.18. The van der Waals surface area contributed by atoms with E-state index >= 15 is 0 Å². The smallest absolute Gasteiger partial charge is 0.322 e. The average Bonchev–Trinajstić information content (AvgIpc) is 3.20. The normalized spacial score (nSPS) is 21.8. The topological polar surface area (TPSA) is 107 Å². The monoisotopic (exact) mass is 351 g/mol. The summed E-state index contributed by atoms with van der Waals surface area (Å²) in [6, 6.07) is 9.24. The number of nitrogens with zero attached hydrogens (tertiary/aromatic N) is 3.